The van der Waals surface area contributed by atoms with Gasteiger partial charge in [0.05, 0.1) is 17.3 Å². The van der Waals surface area contributed by atoms with Crippen LogP contribution in [0.4, 0.5) is 8.78 Å². The molecule has 3 aromatic carbocycles. The zero-order chi connectivity index (χ0) is 30.1. The van der Waals surface area contributed by atoms with Crippen LogP contribution in [-0.2, 0) is 17.6 Å². The van der Waals surface area contributed by atoms with Gasteiger partial charge in [0, 0.05) is 36.4 Å². The van der Waals surface area contributed by atoms with E-state index in [1.807, 2.05) is 12.1 Å². The van der Waals surface area contributed by atoms with Gasteiger partial charge in [0.1, 0.15) is 11.6 Å². The molecular formula is C34H31F2N3O4. The molecule has 6 rings (SSSR count). The van der Waals surface area contributed by atoms with Crippen molar-refractivity contribution in [1.29, 1.82) is 0 Å². The van der Waals surface area contributed by atoms with Crippen molar-refractivity contribution in [1.82, 2.24) is 14.8 Å². The molecule has 1 saturated heterocycles. The third-order valence-corrected chi connectivity index (χ3v) is 8.00. The summed E-state index contributed by atoms with van der Waals surface area (Å²) in [4.78, 5) is 26.8. The second-order valence-electron chi connectivity index (χ2n) is 11.1. The summed E-state index contributed by atoms with van der Waals surface area (Å²) in [6, 6.07) is 15.5. The number of hydrogen-bond acceptors (Lipinski definition) is 5. The Morgan fingerprint density at radius 2 is 1.79 bits per heavy atom. The zero-order valence-electron chi connectivity index (χ0n) is 24.0. The SMILES string of the molecule is Cc1cc(C)n(-c2ccc(F)cc2)c(=O)c1C(=O)Cc1ccc(Oc2cc3cn[nH]c3cc2CC2CCOCC2)c(F)c1. The minimum Gasteiger partial charge on any atom is -0.454 e. The maximum atomic E-state index is 15.4. The fourth-order valence-corrected chi connectivity index (χ4v) is 5.80. The molecule has 0 amide bonds. The Balaban J connectivity index is 1.25. The van der Waals surface area contributed by atoms with E-state index >= 15 is 4.39 Å². The average Bonchev–Trinajstić information content (AvgIpc) is 3.43. The third kappa shape index (κ3) is 5.99. The van der Waals surface area contributed by atoms with Gasteiger partial charge < -0.3 is 9.47 Å². The first-order valence-corrected chi connectivity index (χ1v) is 14.3. The average molecular weight is 584 g/mol. The lowest BCUT2D eigenvalue weighted by molar-refractivity contribution is 0.0664. The lowest BCUT2D eigenvalue weighted by atomic mass is 9.91. The number of ketones is 1. The van der Waals surface area contributed by atoms with Crippen LogP contribution in [0.5, 0.6) is 11.5 Å². The number of H-pyrrole nitrogens is 1. The van der Waals surface area contributed by atoms with Gasteiger partial charge in [-0.25, -0.2) is 8.78 Å². The van der Waals surface area contributed by atoms with Crippen LogP contribution in [0.25, 0.3) is 16.6 Å². The largest absolute Gasteiger partial charge is 0.454 e. The number of carbonyl (C=O) groups is 1. The number of benzene rings is 3. The van der Waals surface area contributed by atoms with Gasteiger partial charge in [0.15, 0.2) is 17.3 Å². The maximum Gasteiger partial charge on any atom is 0.266 e. The molecule has 0 unspecified atom stereocenters. The summed E-state index contributed by atoms with van der Waals surface area (Å²) >= 11 is 0. The molecule has 1 aliphatic rings. The van der Waals surface area contributed by atoms with Crippen molar-refractivity contribution in [3.8, 4) is 17.2 Å². The van der Waals surface area contributed by atoms with E-state index < -0.39 is 23.0 Å². The fourth-order valence-electron chi connectivity index (χ4n) is 5.80. The quantitative estimate of drug-likeness (QED) is 0.203. The third-order valence-electron chi connectivity index (χ3n) is 8.00. The van der Waals surface area contributed by atoms with Crippen LogP contribution in [0, 0.1) is 31.4 Å². The lowest BCUT2D eigenvalue weighted by Gasteiger charge is -2.23. The Kier molecular flexibility index (Phi) is 7.90. The standard InChI is InChI=1S/C34H31F2N3O4/c1-20-13-21(2)39(27-6-4-26(35)5-7-27)34(41)33(20)30(40)16-23-3-8-31(28(36)15-23)43-32-18-25-19-37-38-29(25)17-24(32)14-22-9-11-42-12-10-22/h3-8,13,15,17-19,22H,9-12,14,16H2,1-2H3,(H,37,38). The smallest absolute Gasteiger partial charge is 0.266 e. The summed E-state index contributed by atoms with van der Waals surface area (Å²) in [6.45, 7) is 4.90. The van der Waals surface area contributed by atoms with Crippen LogP contribution in [0.3, 0.4) is 0 Å². The maximum absolute atomic E-state index is 15.4. The van der Waals surface area contributed by atoms with Gasteiger partial charge in [-0.05, 0) is 110 Å². The summed E-state index contributed by atoms with van der Waals surface area (Å²) < 4.78 is 41.9. The Hall–Kier alpha value is -4.63. The summed E-state index contributed by atoms with van der Waals surface area (Å²) in [5.74, 6) is -0.441. The Morgan fingerprint density at radius 3 is 2.53 bits per heavy atom. The minimum absolute atomic E-state index is 0.0156. The van der Waals surface area contributed by atoms with Gasteiger partial charge >= 0.3 is 0 Å². The van der Waals surface area contributed by atoms with Crippen LogP contribution in [0.2, 0.25) is 0 Å². The Bertz CT molecular complexity index is 1870. The number of fused-ring (bicyclic) bond motifs is 1. The molecule has 43 heavy (non-hydrogen) atoms. The number of hydrogen-bond donors (Lipinski definition) is 1. The number of aromatic amines is 1. The first kappa shape index (κ1) is 28.5. The molecule has 1 N–H and O–H groups in total. The molecule has 0 aliphatic carbocycles. The molecule has 220 valence electrons. The van der Waals surface area contributed by atoms with Crippen LogP contribution < -0.4 is 10.3 Å². The number of ether oxygens (including phenoxy) is 2. The molecule has 7 nitrogen and oxygen atoms in total. The molecule has 0 bridgehead atoms. The highest BCUT2D eigenvalue weighted by molar-refractivity contribution is 5.98. The van der Waals surface area contributed by atoms with Crippen molar-refractivity contribution in [2.45, 2.75) is 39.5 Å². The van der Waals surface area contributed by atoms with Gasteiger partial charge in [-0.3, -0.25) is 19.3 Å². The molecule has 2 aromatic heterocycles. The minimum atomic E-state index is -0.612. The number of halogens is 2. The molecule has 9 heteroatoms. The van der Waals surface area contributed by atoms with E-state index in [4.69, 9.17) is 9.47 Å². The molecule has 0 atom stereocenters. The highest BCUT2D eigenvalue weighted by Gasteiger charge is 2.21. The Labute approximate surface area is 247 Å². The van der Waals surface area contributed by atoms with Crippen molar-refractivity contribution in [2.24, 2.45) is 5.92 Å². The topological polar surface area (TPSA) is 86.2 Å². The number of rotatable bonds is 8. The van der Waals surface area contributed by atoms with Gasteiger partial charge in [-0.15, -0.1) is 0 Å². The van der Waals surface area contributed by atoms with E-state index in [-0.39, 0.29) is 17.7 Å². The molecule has 1 aliphatic heterocycles. The van der Waals surface area contributed by atoms with Crippen molar-refractivity contribution in [3.63, 3.8) is 0 Å². The number of nitrogens with zero attached hydrogens (tertiary/aromatic N) is 2. The van der Waals surface area contributed by atoms with E-state index in [9.17, 15) is 14.0 Å². The molecule has 3 heterocycles. The number of Topliss-reactive ketones (excluding diaryl/α,β-unsaturated/α-hetero) is 1. The number of nitrogens with one attached hydrogen (secondary N) is 1. The van der Waals surface area contributed by atoms with E-state index in [2.05, 4.69) is 10.2 Å². The molecular weight excluding hydrogens is 552 g/mol. The van der Waals surface area contributed by atoms with E-state index in [0.29, 0.717) is 34.2 Å². The first-order valence-electron chi connectivity index (χ1n) is 14.3. The van der Waals surface area contributed by atoms with Gasteiger partial charge in [-0.2, -0.15) is 5.10 Å². The molecule has 0 saturated carbocycles. The lowest BCUT2D eigenvalue weighted by Crippen LogP contribution is -2.29. The van der Waals surface area contributed by atoms with Crippen molar-refractivity contribution >= 4 is 16.7 Å². The van der Waals surface area contributed by atoms with E-state index in [1.165, 1.54) is 41.0 Å². The van der Waals surface area contributed by atoms with Crippen molar-refractivity contribution in [3.05, 3.63) is 117 Å². The molecule has 0 spiro atoms. The normalized spacial score (nSPS) is 13.9. The second-order valence-corrected chi connectivity index (χ2v) is 11.1. The van der Waals surface area contributed by atoms with Crippen molar-refractivity contribution < 1.29 is 23.0 Å². The summed E-state index contributed by atoms with van der Waals surface area (Å²) in [5.41, 5.74) is 3.36. The van der Waals surface area contributed by atoms with Crippen LogP contribution >= 0.6 is 0 Å². The highest BCUT2D eigenvalue weighted by Crippen LogP contribution is 2.34. The molecule has 1 fully saturated rings. The monoisotopic (exact) mass is 583 g/mol. The predicted molar refractivity (Wildman–Crippen MR) is 159 cm³/mol. The number of aryl methyl sites for hydroxylation is 2. The number of aromatic nitrogens is 3. The van der Waals surface area contributed by atoms with E-state index in [0.717, 1.165) is 48.9 Å². The molecule has 0 radical (unpaired) electrons. The Morgan fingerprint density at radius 1 is 1.02 bits per heavy atom. The van der Waals surface area contributed by atoms with Crippen molar-refractivity contribution in [2.75, 3.05) is 13.2 Å². The second kappa shape index (κ2) is 11.9. The van der Waals surface area contributed by atoms with Gasteiger partial charge in [0.2, 0.25) is 0 Å². The first-order chi connectivity index (χ1) is 20.8. The highest BCUT2D eigenvalue weighted by atomic mass is 19.1. The van der Waals surface area contributed by atoms with Gasteiger partial charge in [-0.1, -0.05) is 6.07 Å². The van der Waals surface area contributed by atoms with Crippen LogP contribution in [0.15, 0.2) is 71.7 Å². The predicted octanol–water partition coefficient (Wildman–Crippen LogP) is 6.80. The fraction of sp³-hybridized carbons (Fsp3) is 0.265. The summed E-state index contributed by atoms with van der Waals surface area (Å²) in [7, 11) is 0. The summed E-state index contributed by atoms with van der Waals surface area (Å²) in [6.07, 6.45) is 4.20. The summed E-state index contributed by atoms with van der Waals surface area (Å²) in [5, 5.41) is 7.96. The van der Waals surface area contributed by atoms with Gasteiger partial charge in [0.25, 0.3) is 5.56 Å². The van der Waals surface area contributed by atoms with E-state index in [1.54, 1.807) is 32.2 Å². The number of pyridine rings is 1. The van der Waals surface area contributed by atoms with Crippen LogP contribution in [0.1, 0.15) is 45.6 Å². The number of carbonyl (C=O) groups excluding carboxylic acids is 1. The van der Waals surface area contributed by atoms with Crippen LogP contribution in [-0.4, -0.2) is 33.8 Å². The zero-order valence-corrected chi connectivity index (χ0v) is 24.0. The molecule has 5 aromatic rings.